The second kappa shape index (κ2) is 4.02. The molecule has 0 aliphatic carbocycles. The van der Waals surface area contributed by atoms with Gasteiger partial charge < -0.3 is 4.74 Å². The van der Waals surface area contributed by atoms with Gasteiger partial charge in [0.15, 0.2) is 5.60 Å². The average molecular weight is 283 g/mol. The van der Waals surface area contributed by atoms with Gasteiger partial charge in [-0.3, -0.25) is 24.2 Å². The molecule has 0 unspecified atom stereocenters. The highest BCUT2D eigenvalue weighted by molar-refractivity contribution is 6.22. The number of imide groups is 3. The Morgan fingerprint density at radius 3 is 1.75 bits per heavy atom. The van der Waals surface area contributed by atoms with Crippen LogP contribution in [0, 0.1) is 0 Å². The lowest BCUT2D eigenvalue weighted by Gasteiger charge is -2.35. The number of carbonyl (C=O) groups excluding carboxylic acids is 5. The largest absolute Gasteiger partial charge is 0.433 e. The molecule has 2 saturated heterocycles. The van der Waals surface area contributed by atoms with E-state index >= 15 is 0 Å². The molecule has 0 aromatic heterocycles. The predicted octanol–water partition coefficient (Wildman–Crippen LogP) is -0.837. The van der Waals surface area contributed by atoms with Crippen molar-refractivity contribution in [1.82, 2.24) is 14.7 Å². The number of likely N-dealkylation sites (N-methyl/N-ethyl adjacent to an activating group) is 2. The van der Waals surface area contributed by atoms with Crippen molar-refractivity contribution >= 4 is 29.8 Å². The number of nitrogens with zero attached hydrogens (tertiary/aromatic N) is 3. The van der Waals surface area contributed by atoms with Crippen LogP contribution >= 0.6 is 0 Å². The smallest absolute Gasteiger partial charge is 0.418 e. The second-order valence-corrected chi connectivity index (χ2v) is 5.03. The highest BCUT2D eigenvalue weighted by atomic mass is 16.6. The number of amides is 6. The minimum atomic E-state index is -1.70. The first-order valence-corrected chi connectivity index (χ1v) is 5.75. The van der Waals surface area contributed by atoms with Crippen molar-refractivity contribution in [2.24, 2.45) is 0 Å². The highest BCUT2D eigenvalue weighted by Crippen LogP contribution is 2.28. The van der Waals surface area contributed by atoms with E-state index in [-0.39, 0.29) is 0 Å². The first-order chi connectivity index (χ1) is 9.09. The molecule has 20 heavy (non-hydrogen) atoms. The normalized spacial score (nSPS) is 23.8. The lowest BCUT2D eigenvalue weighted by atomic mass is 10.1. The Hall–Kier alpha value is -2.45. The summed E-state index contributed by atoms with van der Waals surface area (Å²) in [5.74, 6) is -2.69. The predicted molar refractivity (Wildman–Crippen MR) is 62.1 cm³/mol. The van der Waals surface area contributed by atoms with Gasteiger partial charge in [-0.1, -0.05) is 0 Å². The summed E-state index contributed by atoms with van der Waals surface area (Å²) in [5.41, 5.74) is -1.45. The zero-order chi connectivity index (χ0) is 15.4. The molecule has 2 aliphatic heterocycles. The van der Waals surface area contributed by atoms with Crippen molar-refractivity contribution < 1.29 is 28.7 Å². The van der Waals surface area contributed by atoms with Crippen LogP contribution in [0.3, 0.4) is 0 Å². The zero-order valence-electron chi connectivity index (χ0n) is 11.4. The molecule has 0 saturated carbocycles. The van der Waals surface area contributed by atoms with Gasteiger partial charge in [0.05, 0.1) is 0 Å². The van der Waals surface area contributed by atoms with Crippen molar-refractivity contribution in [3.63, 3.8) is 0 Å². The van der Waals surface area contributed by atoms with Crippen LogP contribution in [0.1, 0.15) is 13.8 Å². The third-order valence-corrected chi connectivity index (χ3v) is 3.23. The van der Waals surface area contributed by atoms with Crippen LogP contribution in [-0.4, -0.2) is 70.3 Å². The van der Waals surface area contributed by atoms with Gasteiger partial charge in [-0.2, -0.15) is 0 Å². The molecule has 0 aromatic rings. The number of ether oxygens (including phenoxy) is 1. The van der Waals surface area contributed by atoms with Gasteiger partial charge in [-0.25, -0.2) is 14.5 Å². The van der Waals surface area contributed by atoms with Crippen LogP contribution in [0.15, 0.2) is 0 Å². The molecule has 0 bridgehead atoms. The summed E-state index contributed by atoms with van der Waals surface area (Å²) in [4.78, 5) is 61.3. The molecule has 2 fully saturated rings. The van der Waals surface area contributed by atoms with Crippen molar-refractivity contribution in [2.45, 2.75) is 25.5 Å². The van der Waals surface area contributed by atoms with Crippen LogP contribution in [0.5, 0.6) is 0 Å². The number of urea groups is 1. The van der Waals surface area contributed by atoms with Crippen LogP contribution in [0.4, 0.5) is 9.59 Å². The van der Waals surface area contributed by atoms with E-state index in [1.165, 1.54) is 13.8 Å². The molecule has 2 rings (SSSR count). The van der Waals surface area contributed by atoms with Crippen molar-refractivity contribution in [2.75, 3.05) is 14.1 Å². The lowest BCUT2D eigenvalue weighted by molar-refractivity contribution is -0.153. The Morgan fingerprint density at radius 1 is 0.950 bits per heavy atom. The first kappa shape index (κ1) is 14.0. The Labute approximate surface area is 114 Å². The zero-order valence-corrected chi connectivity index (χ0v) is 11.4. The third kappa shape index (κ3) is 1.66. The van der Waals surface area contributed by atoms with Gasteiger partial charge in [0.25, 0.3) is 17.7 Å². The number of rotatable bonds is 1. The average Bonchev–Trinajstić information content (AvgIpc) is 2.56. The van der Waals surface area contributed by atoms with E-state index in [4.69, 9.17) is 4.74 Å². The van der Waals surface area contributed by atoms with E-state index in [1.54, 1.807) is 0 Å². The Kier molecular flexibility index (Phi) is 2.81. The third-order valence-electron chi connectivity index (χ3n) is 3.23. The number of cyclic esters (lactones) is 1. The first-order valence-electron chi connectivity index (χ1n) is 5.75. The molecule has 9 nitrogen and oxygen atoms in total. The Balaban J connectivity index is 2.44. The molecule has 0 radical (unpaired) electrons. The fourth-order valence-electron chi connectivity index (χ4n) is 2.01. The van der Waals surface area contributed by atoms with E-state index in [0.717, 1.165) is 14.1 Å². The summed E-state index contributed by atoms with van der Waals surface area (Å²) >= 11 is 0. The fourth-order valence-corrected chi connectivity index (χ4v) is 2.01. The molecular formula is C11H13N3O6. The Bertz CT molecular complexity index is 530. The standard InChI is InChI=1S/C11H13N3O6/c1-11(2)8(17)14(10(19)20-11)5-6(15)12(3)9(18)13(4)7(5)16/h5H,1-4H3. The van der Waals surface area contributed by atoms with Crippen LogP contribution in [0.2, 0.25) is 0 Å². The molecular weight excluding hydrogens is 270 g/mol. The fraction of sp³-hybridized carbons (Fsp3) is 0.545. The quantitative estimate of drug-likeness (QED) is 0.581. The monoisotopic (exact) mass is 283 g/mol. The van der Waals surface area contributed by atoms with Crippen LogP contribution in [-0.2, 0) is 19.1 Å². The second-order valence-electron chi connectivity index (χ2n) is 5.03. The van der Waals surface area contributed by atoms with Crippen molar-refractivity contribution in [3.05, 3.63) is 0 Å². The summed E-state index contributed by atoms with van der Waals surface area (Å²) in [6, 6.07) is -2.53. The van der Waals surface area contributed by atoms with Gasteiger partial charge in [-0.05, 0) is 13.8 Å². The van der Waals surface area contributed by atoms with E-state index in [1.807, 2.05) is 0 Å². The van der Waals surface area contributed by atoms with Crippen molar-refractivity contribution in [3.8, 4) is 0 Å². The summed E-state index contributed by atoms with van der Waals surface area (Å²) < 4.78 is 4.83. The molecule has 2 heterocycles. The van der Waals surface area contributed by atoms with Gasteiger partial charge >= 0.3 is 12.1 Å². The van der Waals surface area contributed by atoms with Crippen molar-refractivity contribution in [1.29, 1.82) is 0 Å². The lowest BCUT2D eigenvalue weighted by Crippen LogP contribution is -2.66. The maximum Gasteiger partial charge on any atom is 0.418 e. The maximum absolute atomic E-state index is 12.1. The molecule has 0 spiro atoms. The molecule has 0 N–H and O–H groups in total. The Morgan fingerprint density at radius 2 is 1.40 bits per heavy atom. The van der Waals surface area contributed by atoms with E-state index < -0.39 is 41.5 Å². The van der Waals surface area contributed by atoms with Crippen LogP contribution < -0.4 is 0 Å². The molecule has 9 heteroatoms. The molecule has 108 valence electrons. The molecule has 6 amide bonds. The van der Waals surface area contributed by atoms with Gasteiger partial charge in [0.1, 0.15) is 0 Å². The summed E-state index contributed by atoms with van der Waals surface area (Å²) in [7, 11) is 2.33. The number of hydrogen-bond acceptors (Lipinski definition) is 6. The van der Waals surface area contributed by atoms with Gasteiger partial charge in [-0.15, -0.1) is 0 Å². The van der Waals surface area contributed by atoms with Gasteiger partial charge in [0, 0.05) is 14.1 Å². The highest BCUT2D eigenvalue weighted by Gasteiger charge is 2.57. The minimum Gasteiger partial charge on any atom is -0.433 e. The maximum atomic E-state index is 12.1. The van der Waals surface area contributed by atoms with Crippen LogP contribution in [0.25, 0.3) is 0 Å². The summed E-state index contributed by atoms with van der Waals surface area (Å²) in [6.07, 6.45) is -1.08. The number of barbiturate groups is 1. The summed E-state index contributed by atoms with van der Waals surface area (Å²) in [6.45, 7) is 2.70. The number of carbonyl (C=O) groups is 5. The van der Waals surface area contributed by atoms with E-state index in [0.29, 0.717) is 14.7 Å². The SMILES string of the molecule is CN1C(=O)C(N2C(=O)OC(C)(C)C2=O)C(=O)N(C)C1=O. The minimum absolute atomic E-state index is 0.462. The summed E-state index contributed by atoms with van der Waals surface area (Å²) in [5, 5.41) is 0. The molecule has 0 atom stereocenters. The van der Waals surface area contributed by atoms with E-state index in [9.17, 15) is 24.0 Å². The topological polar surface area (TPSA) is 104 Å². The molecule has 2 aliphatic rings. The van der Waals surface area contributed by atoms with E-state index in [2.05, 4.69) is 0 Å². The number of hydrogen-bond donors (Lipinski definition) is 0. The van der Waals surface area contributed by atoms with Gasteiger partial charge in [0.2, 0.25) is 6.04 Å². The molecule has 0 aromatic carbocycles.